The van der Waals surface area contributed by atoms with Crippen LogP contribution in [0.1, 0.15) is 25.1 Å². The molecule has 2 heteroatoms. The fraction of sp³-hybridized carbons (Fsp3) is 0.667. The molecule has 0 saturated heterocycles. The Kier molecular flexibility index (Phi) is 1.17. The van der Waals surface area contributed by atoms with Gasteiger partial charge < -0.3 is 0 Å². The minimum atomic E-state index is 0.450. The van der Waals surface area contributed by atoms with E-state index in [1.54, 1.807) is 0 Å². The van der Waals surface area contributed by atoms with Crippen molar-refractivity contribution in [2.24, 2.45) is 12.5 Å². The van der Waals surface area contributed by atoms with E-state index < -0.39 is 0 Å². The molecule has 1 heterocycles. The van der Waals surface area contributed by atoms with E-state index >= 15 is 0 Å². The Labute approximate surface area is 67.2 Å². The molecule has 0 spiro atoms. The van der Waals surface area contributed by atoms with Crippen molar-refractivity contribution in [3.05, 3.63) is 17.5 Å². The van der Waals surface area contributed by atoms with Crippen LogP contribution in [-0.4, -0.2) is 9.78 Å². The van der Waals surface area contributed by atoms with Gasteiger partial charge in [-0.15, -0.1) is 0 Å². The van der Waals surface area contributed by atoms with Crippen molar-refractivity contribution in [2.75, 3.05) is 0 Å². The molecule has 0 fully saturated rings. The lowest BCUT2D eigenvalue weighted by Crippen LogP contribution is -2.11. The smallest absolute Gasteiger partial charge is 0.0662 e. The number of fused-ring (bicyclic) bond motifs is 1. The molecule has 0 aliphatic heterocycles. The average Bonchev–Trinajstić information content (AvgIpc) is 2.17. The molecular formula is C9H14N2. The third-order valence-electron chi connectivity index (χ3n) is 2.31. The van der Waals surface area contributed by atoms with Crippen LogP contribution < -0.4 is 0 Å². The number of rotatable bonds is 0. The van der Waals surface area contributed by atoms with Gasteiger partial charge in [0.15, 0.2) is 0 Å². The maximum Gasteiger partial charge on any atom is 0.0662 e. The van der Waals surface area contributed by atoms with Crippen molar-refractivity contribution in [1.82, 2.24) is 9.78 Å². The Hall–Kier alpha value is -0.790. The van der Waals surface area contributed by atoms with Crippen molar-refractivity contribution < 1.29 is 0 Å². The fourth-order valence-corrected chi connectivity index (χ4v) is 1.91. The highest BCUT2D eigenvalue weighted by Crippen LogP contribution is 2.34. The second-order valence-corrected chi connectivity index (χ2v) is 4.29. The molecule has 0 saturated carbocycles. The first-order chi connectivity index (χ1) is 5.07. The molecule has 0 unspecified atom stereocenters. The average molecular weight is 150 g/mol. The van der Waals surface area contributed by atoms with Crippen molar-refractivity contribution in [3.63, 3.8) is 0 Å². The van der Waals surface area contributed by atoms with Crippen LogP contribution in [0, 0.1) is 5.41 Å². The van der Waals surface area contributed by atoms with E-state index in [1.165, 1.54) is 17.7 Å². The molecule has 1 aliphatic carbocycles. The third kappa shape index (κ3) is 1.06. The minimum Gasteiger partial charge on any atom is -0.275 e. The molecule has 1 aromatic rings. The van der Waals surface area contributed by atoms with E-state index in [2.05, 4.69) is 25.1 Å². The first kappa shape index (κ1) is 6.89. The monoisotopic (exact) mass is 150 g/mol. The van der Waals surface area contributed by atoms with E-state index in [4.69, 9.17) is 0 Å². The molecule has 2 rings (SSSR count). The molecule has 1 aromatic heterocycles. The topological polar surface area (TPSA) is 17.8 Å². The Morgan fingerprint density at radius 2 is 2.18 bits per heavy atom. The first-order valence-corrected chi connectivity index (χ1v) is 4.08. The minimum absolute atomic E-state index is 0.450. The first-order valence-electron chi connectivity index (χ1n) is 4.08. The lowest BCUT2D eigenvalue weighted by Gasteiger charge is -2.15. The standard InChI is InChI=1S/C9H14N2/c1-9(2)4-7-6-11(3)10-8(7)5-9/h6H,4-5H2,1-3H3. The lowest BCUT2D eigenvalue weighted by molar-refractivity contribution is 0.385. The Morgan fingerprint density at radius 1 is 1.45 bits per heavy atom. The maximum atomic E-state index is 4.40. The van der Waals surface area contributed by atoms with Gasteiger partial charge in [-0.05, 0) is 23.8 Å². The van der Waals surface area contributed by atoms with E-state index in [0.29, 0.717) is 5.41 Å². The van der Waals surface area contributed by atoms with Crippen LogP contribution in [0.5, 0.6) is 0 Å². The summed E-state index contributed by atoms with van der Waals surface area (Å²) in [6.07, 6.45) is 4.48. The Morgan fingerprint density at radius 3 is 2.82 bits per heavy atom. The van der Waals surface area contributed by atoms with Crippen LogP contribution in [-0.2, 0) is 19.9 Å². The summed E-state index contributed by atoms with van der Waals surface area (Å²) in [5.41, 5.74) is 3.20. The Balaban J connectivity index is 2.37. The molecule has 0 N–H and O–H groups in total. The zero-order valence-electron chi connectivity index (χ0n) is 7.39. The second-order valence-electron chi connectivity index (χ2n) is 4.29. The number of hydrogen-bond acceptors (Lipinski definition) is 1. The summed E-state index contributed by atoms with van der Waals surface area (Å²) in [5, 5.41) is 4.40. The molecule has 0 aromatic carbocycles. The summed E-state index contributed by atoms with van der Waals surface area (Å²) in [6.45, 7) is 4.60. The molecule has 0 bridgehead atoms. The molecule has 1 aliphatic rings. The van der Waals surface area contributed by atoms with E-state index in [9.17, 15) is 0 Å². The summed E-state index contributed by atoms with van der Waals surface area (Å²) < 4.78 is 1.92. The van der Waals surface area contributed by atoms with Gasteiger partial charge in [0.1, 0.15) is 0 Å². The summed E-state index contributed by atoms with van der Waals surface area (Å²) >= 11 is 0. The van der Waals surface area contributed by atoms with Crippen molar-refractivity contribution in [1.29, 1.82) is 0 Å². The highest BCUT2D eigenvalue weighted by Gasteiger charge is 2.30. The Bertz CT molecular complexity index is 258. The van der Waals surface area contributed by atoms with Gasteiger partial charge in [0.25, 0.3) is 0 Å². The second kappa shape index (κ2) is 1.87. The van der Waals surface area contributed by atoms with Crippen molar-refractivity contribution in [2.45, 2.75) is 26.7 Å². The molecule has 2 nitrogen and oxygen atoms in total. The molecule has 0 atom stereocenters. The van der Waals surface area contributed by atoms with E-state index in [1.807, 2.05) is 11.7 Å². The number of hydrogen-bond donors (Lipinski definition) is 0. The van der Waals surface area contributed by atoms with Crippen LogP contribution in [0.2, 0.25) is 0 Å². The van der Waals surface area contributed by atoms with Crippen LogP contribution in [0.25, 0.3) is 0 Å². The predicted molar refractivity (Wildman–Crippen MR) is 44.4 cm³/mol. The van der Waals surface area contributed by atoms with Crippen LogP contribution in [0.4, 0.5) is 0 Å². The molecule has 60 valence electrons. The molecule has 0 radical (unpaired) electrons. The van der Waals surface area contributed by atoms with Crippen LogP contribution >= 0.6 is 0 Å². The van der Waals surface area contributed by atoms with Crippen molar-refractivity contribution in [3.8, 4) is 0 Å². The van der Waals surface area contributed by atoms with Gasteiger partial charge in [0.05, 0.1) is 5.69 Å². The maximum absolute atomic E-state index is 4.40. The van der Waals surface area contributed by atoms with E-state index in [-0.39, 0.29) is 0 Å². The fourth-order valence-electron chi connectivity index (χ4n) is 1.91. The van der Waals surface area contributed by atoms with Gasteiger partial charge in [-0.1, -0.05) is 13.8 Å². The van der Waals surface area contributed by atoms with Gasteiger partial charge >= 0.3 is 0 Å². The van der Waals surface area contributed by atoms with Gasteiger partial charge in [0, 0.05) is 13.2 Å². The summed E-state index contributed by atoms with van der Waals surface area (Å²) in [5.74, 6) is 0. The molecule has 0 amide bonds. The number of aryl methyl sites for hydroxylation is 1. The van der Waals surface area contributed by atoms with Gasteiger partial charge in [-0.2, -0.15) is 5.10 Å². The third-order valence-corrected chi connectivity index (χ3v) is 2.31. The summed E-state index contributed by atoms with van der Waals surface area (Å²) in [7, 11) is 1.99. The molecular weight excluding hydrogens is 136 g/mol. The van der Waals surface area contributed by atoms with Crippen molar-refractivity contribution >= 4 is 0 Å². The quantitative estimate of drug-likeness (QED) is 0.548. The molecule has 11 heavy (non-hydrogen) atoms. The van der Waals surface area contributed by atoms with Gasteiger partial charge in [0.2, 0.25) is 0 Å². The largest absolute Gasteiger partial charge is 0.275 e. The van der Waals surface area contributed by atoms with Gasteiger partial charge in [-0.3, -0.25) is 4.68 Å². The summed E-state index contributed by atoms with van der Waals surface area (Å²) in [4.78, 5) is 0. The number of nitrogens with zero attached hydrogens (tertiary/aromatic N) is 2. The van der Waals surface area contributed by atoms with Crippen LogP contribution in [0.15, 0.2) is 6.20 Å². The highest BCUT2D eigenvalue weighted by molar-refractivity contribution is 5.25. The van der Waals surface area contributed by atoms with Crippen LogP contribution in [0.3, 0.4) is 0 Å². The SMILES string of the molecule is Cn1cc2c(n1)CC(C)(C)C2. The normalized spacial score (nSPS) is 20.3. The zero-order valence-corrected chi connectivity index (χ0v) is 7.39. The number of aromatic nitrogens is 2. The van der Waals surface area contributed by atoms with Gasteiger partial charge in [-0.25, -0.2) is 0 Å². The highest BCUT2D eigenvalue weighted by atomic mass is 15.3. The predicted octanol–water partition coefficient (Wildman–Crippen LogP) is 1.54. The van der Waals surface area contributed by atoms with E-state index in [0.717, 1.165) is 6.42 Å². The summed E-state index contributed by atoms with van der Waals surface area (Å²) in [6, 6.07) is 0. The zero-order chi connectivity index (χ0) is 8.06. The lowest BCUT2D eigenvalue weighted by atomic mass is 9.91.